The Labute approximate surface area is 116 Å². The number of rotatable bonds is 1. The number of ether oxygens (including phenoxy) is 3. The van der Waals surface area contributed by atoms with Crippen LogP contribution < -0.4 is 9.47 Å². The normalized spacial score (nSPS) is 30.5. The van der Waals surface area contributed by atoms with Gasteiger partial charge >= 0.3 is 5.97 Å². The van der Waals surface area contributed by atoms with Crippen LogP contribution in [0.2, 0.25) is 0 Å². The molecule has 0 saturated heterocycles. The SMILES string of the molecule is O=C(O)C1CCCC12OCCc1cc3c(cc12)OCO3. The molecule has 3 aliphatic rings. The molecule has 0 aromatic heterocycles. The minimum atomic E-state index is -0.770. The van der Waals surface area contributed by atoms with E-state index in [0.717, 1.165) is 36.1 Å². The molecule has 5 heteroatoms. The lowest BCUT2D eigenvalue weighted by atomic mass is 9.78. The molecule has 0 bridgehead atoms. The monoisotopic (exact) mass is 276 g/mol. The van der Waals surface area contributed by atoms with Gasteiger partial charge in [0, 0.05) is 0 Å². The fourth-order valence-electron chi connectivity index (χ4n) is 3.80. The number of carboxylic acids is 1. The largest absolute Gasteiger partial charge is 0.481 e. The number of carboxylic acid groups (broad SMARTS) is 1. The number of hydrogen-bond donors (Lipinski definition) is 1. The molecule has 5 nitrogen and oxygen atoms in total. The van der Waals surface area contributed by atoms with Crippen molar-refractivity contribution >= 4 is 5.97 Å². The summed E-state index contributed by atoms with van der Waals surface area (Å²) in [5, 5.41) is 9.51. The van der Waals surface area contributed by atoms with Crippen molar-refractivity contribution < 1.29 is 24.1 Å². The van der Waals surface area contributed by atoms with Gasteiger partial charge in [-0.3, -0.25) is 4.79 Å². The van der Waals surface area contributed by atoms with Crippen LogP contribution in [0, 0.1) is 5.92 Å². The Morgan fingerprint density at radius 2 is 2.10 bits per heavy atom. The van der Waals surface area contributed by atoms with Crippen LogP contribution in [0.25, 0.3) is 0 Å². The Kier molecular flexibility index (Phi) is 2.48. The molecule has 1 spiro atoms. The summed E-state index contributed by atoms with van der Waals surface area (Å²) < 4.78 is 16.9. The van der Waals surface area contributed by atoms with Crippen molar-refractivity contribution in [2.45, 2.75) is 31.3 Å². The Hall–Kier alpha value is -1.75. The van der Waals surface area contributed by atoms with E-state index in [2.05, 4.69) is 0 Å². The van der Waals surface area contributed by atoms with Gasteiger partial charge in [0.25, 0.3) is 0 Å². The van der Waals surface area contributed by atoms with Gasteiger partial charge in [-0.2, -0.15) is 0 Å². The van der Waals surface area contributed by atoms with E-state index in [-0.39, 0.29) is 6.79 Å². The van der Waals surface area contributed by atoms with Crippen molar-refractivity contribution in [3.05, 3.63) is 23.3 Å². The van der Waals surface area contributed by atoms with Crippen LogP contribution in [0.3, 0.4) is 0 Å². The van der Waals surface area contributed by atoms with E-state index >= 15 is 0 Å². The molecule has 0 amide bonds. The van der Waals surface area contributed by atoms with Crippen LogP contribution in [0.1, 0.15) is 30.4 Å². The average molecular weight is 276 g/mol. The minimum Gasteiger partial charge on any atom is -0.481 e. The number of hydrogen-bond acceptors (Lipinski definition) is 4. The zero-order valence-electron chi connectivity index (χ0n) is 11.1. The van der Waals surface area contributed by atoms with Crippen LogP contribution in [0.15, 0.2) is 12.1 Å². The topological polar surface area (TPSA) is 65.0 Å². The summed E-state index contributed by atoms with van der Waals surface area (Å²) >= 11 is 0. The third kappa shape index (κ3) is 1.50. The van der Waals surface area contributed by atoms with E-state index in [1.165, 1.54) is 0 Å². The van der Waals surface area contributed by atoms with E-state index in [1.54, 1.807) is 0 Å². The highest BCUT2D eigenvalue weighted by Crippen LogP contribution is 2.52. The van der Waals surface area contributed by atoms with Crippen molar-refractivity contribution in [3.63, 3.8) is 0 Å². The van der Waals surface area contributed by atoms with Crippen LogP contribution in [0.4, 0.5) is 0 Å². The maximum absolute atomic E-state index is 11.6. The first-order chi connectivity index (χ1) is 9.71. The Morgan fingerprint density at radius 1 is 1.30 bits per heavy atom. The van der Waals surface area contributed by atoms with Crippen LogP contribution in [-0.4, -0.2) is 24.5 Å². The molecule has 4 rings (SSSR count). The summed E-state index contributed by atoms with van der Waals surface area (Å²) in [6.45, 7) is 0.796. The first-order valence-corrected chi connectivity index (χ1v) is 7.00. The quantitative estimate of drug-likeness (QED) is 0.850. The number of aliphatic carboxylic acids is 1. The average Bonchev–Trinajstić information content (AvgIpc) is 3.03. The molecule has 1 aromatic rings. The van der Waals surface area contributed by atoms with Gasteiger partial charge in [-0.1, -0.05) is 0 Å². The summed E-state index contributed by atoms with van der Waals surface area (Å²) in [7, 11) is 0. The fourth-order valence-corrected chi connectivity index (χ4v) is 3.80. The zero-order valence-corrected chi connectivity index (χ0v) is 11.1. The van der Waals surface area contributed by atoms with Gasteiger partial charge in [-0.05, 0) is 48.9 Å². The molecule has 1 aromatic carbocycles. The molecule has 106 valence electrons. The van der Waals surface area contributed by atoms with Gasteiger partial charge < -0.3 is 19.3 Å². The van der Waals surface area contributed by atoms with E-state index in [9.17, 15) is 9.90 Å². The molecule has 2 aliphatic heterocycles. The first-order valence-electron chi connectivity index (χ1n) is 7.00. The smallest absolute Gasteiger partial charge is 0.309 e. The Morgan fingerprint density at radius 3 is 2.90 bits per heavy atom. The molecule has 2 unspecified atom stereocenters. The highest BCUT2D eigenvalue weighted by molar-refractivity contribution is 5.73. The maximum Gasteiger partial charge on any atom is 0.309 e. The van der Waals surface area contributed by atoms with Gasteiger partial charge in [0.2, 0.25) is 6.79 Å². The molecule has 2 heterocycles. The van der Waals surface area contributed by atoms with Crippen LogP contribution in [0.5, 0.6) is 11.5 Å². The van der Waals surface area contributed by atoms with E-state index in [0.29, 0.717) is 18.8 Å². The number of carbonyl (C=O) groups is 1. The van der Waals surface area contributed by atoms with Gasteiger partial charge in [0.05, 0.1) is 12.5 Å². The second-order valence-electron chi connectivity index (χ2n) is 5.63. The van der Waals surface area contributed by atoms with Gasteiger partial charge in [0.1, 0.15) is 5.60 Å². The Balaban J connectivity index is 1.87. The van der Waals surface area contributed by atoms with Crippen molar-refractivity contribution in [2.24, 2.45) is 5.92 Å². The summed E-state index contributed by atoms with van der Waals surface area (Å²) in [5.74, 6) is 0.213. The van der Waals surface area contributed by atoms with Crippen LogP contribution in [-0.2, 0) is 21.6 Å². The van der Waals surface area contributed by atoms with E-state index in [1.807, 2.05) is 12.1 Å². The van der Waals surface area contributed by atoms with Crippen LogP contribution >= 0.6 is 0 Å². The highest BCUT2D eigenvalue weighted by Gasteiger charge is 2.52. The molecule has 1 N–H and O–H groups in total. The summed E-state index contributed by atoms with van der Waals surface area (Å²) in [6, 6.07) is 3.91. The van der Waals surface area contributed by atoms with Gasteiger partial charge in [-0.25, -0.2) is 0 Å². The summed E-state index contributed by atoms with van der Waals surface area (Å²) in [6.07, 6.45) is 3.10. The molecule has 2 atom stereocenters. The van der Waals surface area contributed by atoms with Gasteiger partial charge in [-0.15, -0.1) is 0 Å². The third-order valence-corrected chi connectivity index (χ3v) is 4.69. The molecular formula is C15H16O5. The second-order valence-corrected chi connectivity index (χ2v) is 5.63. The second kappa shape index (κ2) is 4.12. The first kappa shape index (κ1) is 12.0. The standard InChI is InChI=1S/C15H16O5/c16-14(17)10-2-1-4-15(10)11-7-13-12(18-8-19-13)6-9(11)3-5-20-15/h6-7,10H,1-5,8H2,(H,16,17). The molecule has 20 heavy (non-hydrogen) atoms. The Bertz CT molecular complexity index is 582. The lowest BCUT2D eigenvalue weighted by molar-refractivity contribution is -0.157. The number of fused-ring (bicyclic) bond motifs is 3. The minimum absolute atomic E-state index is 0.231. The maximum atomic E-state index is 11.6. The molecule has 1 aliphatic carbocycles. The highest BCUT2D eigenvalue weighted by atomic mass is 16.7. The summed E-state index contributed by atoms with van der Waals surface area (Å²) in [4.78, 5) is 11.6. The fraction of sp³-hybridized carbons (Fsp3) is 0.533. The predicted molar refractivity (Wildman–Crippen MR) is 68.9 cm³/mol. The van der Waals surface area contributed by atoms with Crippen molar-refractivity contribution in [2.75, 3.05) is 13.4 Å². The zero-order chi connectivity index (χ0) is 13.7. The van der Waals surface area contributed by atoms with Gasteiger partial charge in [0.15, 0.2) is 11.5 Å². The predicted octanol–water partition coefficient (Wildman–Crippen LogP) is 2.07. The van der Waals surface area contributed by atoms with Crippen molar-refractivity contribution in [1.29, 1.82) is 0 Å². The molecular weight excluding hydrogens is 260 g/mol. The lowest BCUT2D eigenvalue weighted by Crippen LogP contribution is -2.42. The van der Waals surface area contributed by atoms with E-state index in [4.69, 9.17) is 14.2 Å². The van der Waals surface area contributed by atoms with E-state index < -0.39 is 17.5 Å². The molecule has 0 radical (unpaired) electrons. The molecule has 1 fully saturated rings. The van der Waals surface area contributed by atoms with Crippen molar-refractivity contribution in [1.82, 2.24) is 0 Å². The third-order valence-electron chi connectivity index (χ3n) is 4.69. The lowest BCUT2D eigenvalue weighted by Gasteiger charge is -2.39. The van der Waals surface area contributed by atoms with Crippen molar-refractivity contribution in [3.8, 4) is 11.5 Å². The summed E-state index contributed by atoms with van der Waals surface area (Å²) in [5.41, 5.74) is 1.44. The molecule has 1 saturated carbocycles. The number of benzene rings is 1.